The molecule has 2 nitrogen and oxygen atoms in total. The first-order valence-electron chi connectivity index (χ1n) is 5.70. The second kappa shape index (κ2) is 3.25. The predicted octanol–water partition coefficient (Wildman–Crippen LogP) is 2.12. The van der Waals surface area contributed by atoms with E-state index in [0.717, 1.165) is 12.5 Å². The molecule has 3 aliphatic rings. The molecule has 3 fully saturated rings. The third-order valence-electron chi connectivity index (χ3n) is 3.79. The van der Waals surface area contributed by atoms with E-state index in [2.05, 4.69) is 0 Å². The maximum absolute atomic E-state index is 5.83. The molecule has 0 amide bonds. The molecule has 13 heavy (non-hydrogen) atoms. The van der Waals surface area contributed by atoms with E-state index < -0.39 is 0 Å². The van der Waals surface area contributed by atoms with Gasteiger partial charge >= 0.3 is 0 Å². The topological polar surface area (TPSA) is 21.8 Å². The summed E-state index contributed by atoms with van der Waals surface area (Å²) in [7, 11) is 0. The van der Waals surface area contributed by atoms with Gasteiger partial charge in [0.2, 0.25) is 0 Å². The van der Waals surface area contributed by atoms with Crippen molar-refractivity contribution >= 4 is 0 Å². The van der Waals surface area contributed by atoms with Crippen LogP contribution in [0.25, 0.3) is 0 Å². The molecule has 2 heterocycles. The summed E-state index contributed by atoms with van der Waals surface area (Å²) < 4.78 is 11.4. The Morgan fingerprint density at radius 1 is 0.846 bits per heavy atom. The number of epoxide rings is 1. The average Bonchev–Trinajstić information content (AvgIpc) is 2.96. The zero-order valence-electron chi connectivity index (χ0n) is 8.08. The van der Waals surface area contributed by atoms with Crippen molar-refractivity contribution in [3.63, 3.8) is 0 Å². The Morgan fingerprint density at radius 2 is 1.85 bits per heavy atom. The first-order chi connectivity index (χ1) is 6.43. The van der Waals surface area contributed by atoms with E-state index in [0.29, 0.717) is 18.3 Å². The summed E-state index contributed by atoms with van der Waals surface area (Å²) in [5.41, 5.74) is 0. The largest absolute Gasteiger partial charge is 0.378 e. The zero-order chi connectivity index (χ0) is 8.67. The Bertz CT molecular complexity index is 187. The lowest BCUT2D eigenvalue weighted by Crippen LogP contribution is -2.31. The van der Waals surface area contributed by atoms with Gasteiger partial charge in [0, 0.05) is 6.61 Å². The standard InChI is InChI=1S/C11H18O2/c1-2-6-12-9(3-1)8-4-5-10-11(7-8)13-10/h8-11H,1-7H2. The highest BCUT2D eigenvalue weighted by molar-refractivity contribution is 4.94. The smallest absolute Gasteiger partial charge is 0.0845 e. The molecular weight excluding hydrogens is 164 g/mol. The lowest BCUT2D eigenvalue weighted by atomic mass is 9.83. The van der Waals surface area contributed by atoms with Gasteiger partial charge in [-0.15, -0.1) is 0 Å². The van der Waals surface area contributed by atoms with E-state index >= 15 is 0 Å². The Balaban J connectivity index is 1.57. The fraction of sp³-hybridized carbons (Fsp3) is 1.00. The van der Waals surface area contributed by atoms with Crippen molar-refractivity contribution in [1.82, 2.24) is 0 Å². The van der Waals surface area contributed by atoms with Crippen LogP contribution < -0.4 is 0 Å². The maximum atomic E-state index is 5.83. The lowest BCUT2D eigenvalue weighted by molar-refractivity contribution is -0.0286. The number of hydrogen-bond donors (Lipinski definition) is 0. The van der Waals surface area contributed by atoms with Crippen molar-refractivity contribution in [1.29, 1.82) is 0 Å². The summed E-state index contributed by atoms with van der Waals surface area (Å²) in [6.07, 6.45) is 9.66. The first kappa shape index (κ1) is 8.25. The number of hydrogen-bond acceptors (Lipinski definition) is 2. The predicted molar refractivity (Wildman–Crippen MR) is 49.6 cm³/mol. The fourth-order valence-corrected chi connectivity index (χ4v) is 2.91. The monoisotopic (exact) mass is 182 g/mol. The molecule has 74 valence electrons. The summed E-state index contributed by atoms with van der Waals surface area (Å²) in [6.45, 7) is 0.996. The van der Waals surface area contributed by atoms with Gasteiger partial charge in [0.15, 0.2) is 0 Å². The molecule has 2 aliphatic heterocycles. The van der Waals surface area contributed by atoms with Gasteiger partial charge in [-0.2, -0.15) is 0 Å². The van der Waals surface area contributed by atoms with Crippen LogP contribution in [-0.2, 0) is 9.47 Å². The Morgan fingerprint density at radius 3 is 2.62 bits per heavy atom. The first-order valence-corrected chi connectivity index (χ1v) is 5.70. The van der Waals surface area contributed by atoms with Gasteiger partial charge in [0.25, 0.3) is 0 Å². The van der Waals surface area contributed by atoms with Gasteiger partial charge in [-0.25, -0.2) is 0 Å². The van der Waals surface area contributed by atoms with Crippen molar-refractivity contribution in [2.75, 3.05) is 6.61 Å². The van der Waals surface area contributed by atoms with Crippen LogP contribution in [0.15, 0.2) is 0 Å². The summed E-state index contributed by atoms with van der Waals surface area (Å²) >= 11 is 0. The number of rotatable bonds is 1. The zero-order valence-corrected chi connectivity index (χ0v) is 8.08. The molecular formula is C11H18O2. The van der Waals surface area contributed by atoms with Gasteiger partial charge in [-0.3, -0.25) is 0 Å². The van der Waals surface area contributed by atoms with Crippen LogP contribution in [0.4, 0.5) is 0 Å². The van der Waals surface area contributed by atoms with Crippen LogP contribution in [-0.4, -0.2) is 24.9 Å². The third kappa shape index (κ3) is 1.62. The second-order valence-electron chi connectivity index (χ2n) is 4.69. The van der Waals surface area contributed by atoms with Crippen molar-refractivity contribution in [2.24, 2.45) is 5.92 Å². The minimum Gasteiger partial charge on any atom is -0.378 e. The summed E-state index contributed by atoms with van der Waals surface area (Å²) in [6, 6.07) is 0. The Labute approximate surface area is 79.6 Å². The number of ether oxygens (including phenoxy) is 2. The lowest BCUT2D eigenvalue weighted by Gasteiger charge is -2.31. The Hall–Kier alpha value is -0.0800. The molecule has 2 heteroatoms. The quantitative estimate of drug-likeness (QED) is 0.579. The molecule has 3 rings (SSSR count). The molecule has 0 bridgehead atoms. The van der Waals surface area contributed by atoms with Crippen molar-refractivity contribution in [3.05, 3.63) is 0 Å². The van der Waals surface area contributed by atoms with Gasteiger partial charge in [0.1, 0.15) is 0 Å². The van der Waals surface area contributed by atoms with Gasteiger partial charge in [-0.05, 0) is 44.4 Å². The number of fused-ring (bicyclic) bond motifs is 1. The minimum absolute atomic E-state index is 0.568. The van der Waals surface area contributed by atoms with E-state index in [1.165, 1.54) is 38.5 Å². The molecule has 4 unspecified atom stereocenters. The van der Waals surface area contributed by atoms with Gasteiger partial charge in [0.05, 0.1) is 18.3 Å². The van der Waals surface area contributed by atoms with Crippen LogP contribution in [0.5, 0.6) is 0 Å². The van der Waals surface area contributed by atoms with E-state index in [1.807, 2.05) is 0 Å². The van der Waals surface area contributed by atoms with Crippen molar-refractivity contribution < 1.29 is 9.47 Å². The fourth-order valence-electron chi connectivity index (χ4n) is 2.91. The Kier molecular flexibility index (Phi) is 2.06. The molecule has 0 spiro atoms. The molecule has 1 saturated carbocycles. The van der Waals surface area contributed by atoms with Crippen molar-refractivity contribution in [3.8, 4) is 0 Å². The minimum atomic E-state index is 0.568. The van der Waals surface area contributed by atoms with Crippen LogP contribution in [0.1, 0.15) is 38.5 Å². The molecule has 4 atom stereocenters. The molecule has 1 aliphatic carbocycles. The van der Waals surface area contributed by atoms with Crippen LogP contribution in [0.3, 0.4) is 0 Å². The molecule has 0 radical (unpaired) electrons. The second-order valence-corrected chi connectivity index (χ2v) is 4.69. The average molecular weight is 182 g/mol. The van der Waals surface area contributed by atoms with Crippen LogP contribution in [0, 0.1) is 5.92 Å². The highest BCUT2D eigenvalue weighted by atomic mass is 16.6. The van der Waals surface area contributed by atoms with E-state index in [9.17, 15) is 0 Å². The highest BCUT2D eigenvalue weighted by Crippen LogP contribution is 2.42. The van der Waals surface area contributed by atoms with Crippen LogP contribution >= 0.6 is 0 Å². The van der Waals surface area contributed by atoms with Crippen molar-refractivity contribution in [2.45, 2.75) is 56.8 Å². The summed E-state index contributed by atoms with van der Waals surface area (Å²) in [4.78, 5) is 0. The van der Waals surface area contributed by atoms with E-state index in [-0.39, 0.29) is 0 Å². The molecule has 0 aromatic heterocycles. The SMILES string of the molecule is C1CCC(C2CCC3OC3C2)OC1. The maximum Gasteiger partial charge on any atom is 0.0845 e. The van der Waals surface area contributed by atoms with Gasteiger partial charge in [-0.1, -0.05) is 0 Å². The normalized spacial score (nSPS) is 49.8. The van der Waals surface area contributed by atoms with E-state index in [4.69, 9.17) is 9.47 Å². The molecule has 0 N–H and O–H groups in total. The summed E-state index contributed by atoms with van der Waals surface area (Å²) in [5.74, 6) is 0.809. The summed E-state index contributed by atoms with van der Waals surface area (Å²) in [5, 5.41) is 0. The third-order valence-corrected chi connectivity index (χ3v) is 3.79. The molecule has 2 saturated heterocycles. The van der Waals surface area contributed by atoms with E-state index in [1.54, 1.807) is 0 Å². The molecule has 0 aromatic carbocycles. The molecule has 0 aromatic rings. The van der Waals surface area contributed by atoms with Crippen LogP contribution in [0.2, 0.25) is 0 Å². The van der Waals surface area contributed by atoms with Gasteiger partial charge < -0.3 is 9.47 Å². The highest BCUT2D eigenvalue weighted by Gasteiger charge is 2.45.